The smallest absolute Gasteiger partial charge is 0.0640 e. The van der Waals surface area contributed by atoms with Gasteiger partial charge in [0, 0.05) is 48.1 Å². The van der Waals surface area contributed by atoms with Crippen LogP contribution in [-0.4, -0.2) is 27.4 Å². The summed E-state index contributed by atoms with van der Waals surface area (Å²) in [6.07, 6.45) is 0.887. The highest BCUT2D eigenvalue weighted by atomic mass is 32.2. The zero-order valence-corrected chi connectivity index (χ0v) is 16.4. The number of rotatable bonds is 8. The molecule has 2 aromatic rings. The van der Waals surface area contributed by atoms with E-state index in [4.69, 9.17) is 8.37 Å². The van der Waals surface area contributed by atoms with Gasteiger partial charge in [0.1, 0.15) is 0 Å². The molecule has 0 heterocycles. The highest BCUT2D eigenvalue weighted by Crippen LogP contribution is 2.21. The number of benzene rings is 2. The van der Waals surface area contributed by atoms with Gasteiger partial charge in [-0.2, -0.15) is 0 Å². The quantitative estimate of drug-likeness (QED) is 0.441. The first-order valence-electron chi connectivity index (χ1n) is 7.78. The maximum atomic E-state index is 5.55. The maximum Gasteiger partial charge on any atom is 0.0640 e. The summed E-state index contributed by atoms with van der Waals surface area (Å²) >= 11 is 2.85. The lowest BCUT2D eigenvalue weighted by Gasteiger charge is -2.04. The van der Waals surface area contributed by atoms with Crippen molar-refractivity contribution in [2.75, 3.05) is 27.4 Å². The van der Waals surface area contributed by atoms with E-state index in [0.717, 1.165) is 16.2 Å². The topological polar surface area (TPSA) is 27.7 Å². The molecule has 0 fully saturated rings. The van der Waals surface area contributed by atoms with Crippen molar-refractivity contribution in [1.82, 2.24) is 0 Å². The summed E-state index contributed by atoms with van der Waals surface area (Å²) in [6.45, 7) is 5.54. The van der Waals surface area contributed by atoms with Crippen molar-refractivity contribution in [3.8, 4) is 0 Å². The van der Waals surface area contributed by atoms with E-state index < -0.39 is 0 Å². The second-order valence-electron chi connectivity index (χ2n) is 5.20. The number of ether oxygens (including phenoxy) is 1. The van der Waals surface area contributed by atoms with Gasteiger partial charge in [-0.3, -0.25) is 0 Å². The number of hydrogen-bond acceptors (Lipinski definition) is 5. The van der Waals surface area contributed by atoms with E-state index in [-0.39, 0.29) is 0 Å². The lowest BCUT2D eigenvalue weighted by molar-refractivity contribution is 0.277. The Hall–Kier alpha value is -0.980. The molecule has 2 aromatic carbocycles. The van der Waals surface area contributed by atoms with Crippen LogP contribution in [-0.2, 0) is 13.1 Å². The van der Waals surface area contributed by atoms with Crippen molar-refractivity contribution in [3.63, 3.8) is 0 Å². The molecule has 24 heavy (non-hydrogen) atoms. The molecule has 0 saturated carbocycles. The van der Waals surface area contributed by atoms with Crippen LogP contribution in [0.25, 0.3) is 0 Å². The minimum Gasteiger partial charge on any atom is -0.388 e. The van der Waals surface area contributed by atoms with Crippen LogP contribution in [0.4, 0.5) is 0 Å². The van der Waals surface area contributed by atoms with Crippen molar-refractivity contribution in [3.05, 3.63) is 59.7 Å². The van der Waals surface area contributed by atoms with E-state index in [1.165, 1.54) is 35.2 Å². The first-order valence-corrected chi connectivity index (χ1v) is 9.26. The SMILES string of the molecule is COC.Cc1ccc(SOCCCOSc2ccc(C)cc2)cc1. The highest BCUT2D eigenvalue weighted by molar-refractivity contribution is 7.95. The second-order valence-corrected chi connectivity index (χ2v) is 6.95. The minimum absolute atomic E-state index is 0.688. The fourth-order valence-corrected chi connectivity index (χ4v) is 2.75. The van der Waals surface area contributed by atoms with Crippen molar-refractivity contribution in [2.45, 2.75) is 30.1 Å². The van der Waals surface area contributed by atoms with E-state index in [9.17, 15) is 0 Å². The van der Waals surface area contributed by atoms with Gasteiger partial charge in [-0.1, -0.05) is 35.4 Å². The normalized spacial score (nSPS) is 10.2. The molecule has 0 aliphatic carbocycles. The summed E-state index contributed by atoms with van der Waals surface area (Å²) in [6, 6.07) is 16.7. The third-order valence-electron chi connectivity index (χ3n) is 2.81. The van der Waals surface area contributed by atoms with Gasteiger partial charge in [-0.25, -0.2) is 0 Å². The van der Waals surface area contributed by atoms with Gasteiger partial charge in [0.25, 0.3) is 0 Å². The van der Waals surface area contributed by atoms with Crippen molar-refractivity contribution in [1.29, 1.82) is 0 Å². The standard InChI is InChI=1S/C17H20O2S2.C2H6O/c1-14-4-8-16(9-5-14)20-18-12-3-13-19-21-17-10-6-15(2)7-11-17;1-3-2/h4-11H,3,12-13H2,1-2H3;1-2H3. The van der Waals surface area contributed by atoms with Crippen LogP contribution in [0.3, 0.4) is 0 Å². The fraction of sp³-hybridized carbons (Fsp3) is 0.368. The number of aryl methyl sites for hydroxylation is 2. The molecular formula is C19H26O3S2. The molecule has 5 heteroatoms. The molecule has 0 N–H and O–H groups in total. The monoisotopic (exact) mass is 366 g/mol. The Morgan fingerprint density at radius 1 is 0.667 bits per heavy atom. The van der Waals surface area contributed by atoms with Gasteiger partial charge in [0.05, 0.1) is 13.2 Å². The van der Waals surface area contributed by atoms with E-state index in [2.05, 4.69) is 67.1 Å². The third-order valence-corrected chi connectivity index (χ3v) is 4.31. The van der Waals surface area contributed by atoms with Crippen LogP contribution in [0.15, 0.2) is 58.3 Å². The van der Waals surface area contributed by atoms with Crippen LogP contribution < -0.4 is 0 Å². The Kier molecular flexibility index (Phi) is 11.7. The molecule has 0 aliphatic heterocycles. The lowest BCUT2D eigenvalue weighted by atomic mass is 10.2. The fourth-order valence-electron chi connectivity index (χ4n) is 1.58. The molecular weight excluding hydrogens is 340 g/mol. The molecule has 3 nitrogen and oxygen atoms in total. The van der Waals surface area contributed by atoms with Crippen LogP contribution in [0.2, 0.25) is 0 Å². The van der Waals surface area contributed by atoms with E-state index >= 15 is 0 Å². The Labute approximate surface area is 154 Å². The molecule has 0 amide bonds. The third kappa shape index (κ3) is 10.0. The van der Waals surface area contributed by atoms with Gasteiger partial charge in [0.15, 0.2) is 0 Å². The van der Waals surface area contributed by atoms with Gasteiger partial charge in [0.2, 0.25) is 0 Å². The molecule has 0 bridgehead atoms. The van der Waals surface area contributed by atoms with Crippen LogP contribution in [0, 0.1) is 13.8 Å². The molecule has 0 saturated heterocycles. The molecule has 2 rings (SSSR count). The van der Waals surface area contributed by atoms with Crippen molar-refractivity contribution in [2.24, 2.45) is 0 Å². The predicted molar refractivity (Wildman–Crippen MR) is 104 cm³/mol. The van der Waals surface area contributed by atoms with Gasteiger partial charge in [-0.15, -0.1) is 0 Å². The first kappa shape index (κ1) is 21.1. The number of methoxy groups -OCH3 is 1. The summed E-state index contributed by atoms with van der Waals surface area (Å²) < 4.78 is 15.4. The summed E-state index contributed by atoms with van der Waals surface area (Å²) in [5.41, 5.74) is 2.53. The van der Waals surface area contributed by atoms with Crippen LogP contribution >= 0.6 is 24.1 Å². The largest absolute Gasteiger partial charge is 0.388 e. The summed E-state index contributed by atoms with van der Waals surface area (Å²) in [5, 5.41) is 0. The highest BCUT2D eigenvalue weighted by Gasteiger charge is 1.97. The molecule has 0 radical (unpaired) electrons. The molecule has 0 spiro atoms. The zero-order chi connectivity index (χ0) is 17.6. The molecule has 0 aromatic heterocycles. The molecule has 0 atom stereocenters. The molecule has 0 unspecified atom stereocenters. The van der Waals surface area contributed by atoms with Crippen LogP contribution in [0.5, 0.6) is 0 Å². The average Bonchev–Trinajstić information content (AvgIpc) is 2.58. The summed E-state index contributed by atoms with van der Waals surface area (Å²) in [4.78, 5) is 2.27. The Morgan fingerprint density at radius 2 is 1.00 bits per heavy atom. The summed E-state index contributed by atoms with van der Waals surface area (Å²) in [5.74, 6) is 0. The minimum atomic E-state index is 0.688. The van der Waals surface area contributed by atoms with E-state index in [1.807, 2.05) is 0 Å². The summed E-state index contributed by atoms with van der Waals surface area (Å²) in [7, 11) is 3.25. The zero-order valence-electron chi connectivity index (χ0n) is 14.8. The molecule has 132 valence electrons. The second kappa shape index (κ2) is 13.3. The van der Waals surface area contributed by atoms with Gasteiger partial charge in [-0.05, 0) is 44.5 Å². The maximum absolute atomic E-state index is 5.55. The average molecular weight is 367 g/mol. The first-order chi connectivity index (χ1) is 11.7. The van der Waals surface area contributed by atoms with Crippen molar-refractivity contribution >= 4 is 24.1 Å². The van der Waals surface area contributed by atoms with Gasteiger partial charge >= 0.3 is 0 Å². The Balaban J connectivity index is 0.000000891. The van der Waals surface area contributed by atoms with Gasteiger partial charge < -0.3 is 13.1 Å². The predicted octanol–water partition coefficient (Wildman–Crippen LogP) is 5.70. The van der Waals surface area contributed by atoms with Crippen LogP contribution in [0.1, 0.15) is 17.5 Å². The van der Waals surface area contributed by atoms with E-state index in [0.29, 0.717) is 13.2 Å². The van der Waals surface area contributed by atoms with E-state index in [1.54, 1.807) is 14.2 Å². The molecule has 0 aliphatic rings. The Bertz CT molecular complexity index is 492. The van der Waals surface area contributed by atoms with Crippen molar-refractivity contribution < 1.29 is 13.1 Å². The lowest BCUT2D eigenvalue weighted by Crippen LogP contribution is -1.93. The number of hydrogen-bond donors (Lipinski definition) is 0. The Morgan fingerprint density at radius 3 is 1.33 bits per heavy atom.